The van der Waals surface area contributed by atoms with Gasteiger partial charge >= 0.3 is 0 Å². The molecule has 3 rings (SSSR count). The lowest BCUT2D eigenvalue weighted by Crippen LogP contribution is -2.03. The third-order valence-electron chi connectivity index (χ3n) is 3.70. The van der Waals surface area contributed by atoms with Crippen LogP contribution in [0.2, 0.25) is 0 Å². The fourth-order valence-corrected chi connectivity index (χ4v) is 2.47. The molecule has 114 valence electrons. The number of hydrogen-bond donors (Lipinski definition) is 1. The first-order valence-corrected chi connectivity index (χ1v) is 7.77. The maximum atomic E-state index is 11.4. The van der Waals surface area contributed by atoms with E-state index in [1.54, 1.807) is 0 Å². The largest absolute Gasteiger partial charge is 0.374 e. The Kier molecular flexibility index (Phi) is 4.46. The summed E-state index contributed by atoms with van der Waals surface area (Å²) in [5.41, 5.74) is 3.54. The first-order valence-electron chi connectivity index (χ1n) is 7.40. The van der Waals surface area contributed by atoms with E-state index in [1.165, 1.54) is 12.8 Å². The second-order valence-corrected chi connectivity index (χ2v) is 5.96. The quantitative estimate of drug-likeness (QED) is 0.804. The van der Waals surface area contributed by atoms with Crippen molar-refractivity contribution >= 4 is 28.8 Å². The van der Waals surface area contributed by atoms with Crippen LogP contribution < -0.4 is 5.32 Å². The molecule has 3 nitrogen and oxygen atoms in total. The van der Waals surface area contributed by atoms with Crippen molar-refractivity contribution in [1.29, 1.82) is 0 Å². The lowest BCUT2D eigenvalue weighted by molar-refractivity contribution is -0.115. The number of ether oxygens (including phenoxy) is 1. The van der Waals surface area contributed by atoms with E-state index in [0.29, 0.717) is 24.2 Å². The molecule has 1 aromatic rings. The van der Waals surface area contributed by atoms with Crippen LogP contribution in [0.5, 0.6) is 0 Å². The first-order chi connectivity index (χ1) is 10.6. The summed E-state index contributed by atoms with van der Waals surface area (Å²) in [7, 11) is 0. The van der Waals surface area contributed by atoms with Gasteiger partial charge in [-0.1, -0.05) is 36.4 Å². The van der Waals surface area contributed by atoms with Crippen LogP contribution in [-0.4, -0.2) is 18.6 Å². The fraction of sp³-hybridized carbons (Fsp3) is 0.278. The molecule has 1 aliphatic carbocycles. The van der Waals surface area contributed by atoms with Crippen molar-refractivity contribution in [2.75, 3.05) is 11.9 Å². The number of rotatable bonds is 6. The van der Waals surface area contributed by atoms with E-state index in [0.717, 1.165) is 22.4 Å². The van der Waals surface area contributed by atoms with Gasteiger partial charge in [-0.3, -0.25) is 4.79 Å². The lowest BCUT2D eigenvalue weighted by atomic mass is 10.0. The number of hydrogen-bond acceptors (Lipinski definition) is 2. The van der Waals surface area contributed by atoms with Gasteiger partial charge in [-0.25, -0.2) is 0 Å². The Bertz CT molecular complexity index is 672. The van der Waals surface area contributed by atoms with Crippen LogP contribution in [0.1, 0.15) is 24.0 Å². The summed E-state index contributed by atoms with van der Waals surface area (Å²) >= 11 is 6.29. The number of fused-ring (bicyclic) bond motifs is 1. The molecule has 0 saturated heterocycles. The highest BCUT2D eigenvalue weighted by molar-refractivity contribution is 6.37. The summed E-state index contributed by atoms with van der Waals surface area (Å²) in [4.78, 5) is 11.4. The third kappa shape index (κ3) is 3.67. The summed E-state index contributed by atoms with van der Waals surface area (Å²) in [5.74, 6) is 0.0259. The van der Waals surface area contributed by atoms with Crippen LogP contribution in [0.15, 0.2) is 48.0 Å². The number of halogens is 1. The van der Waals surface area contributed by atoms with Crippen molar-refractivity contribution in [3.63, 3.8) is 0 Å². The number of amides is 1. The van der Waals surface area contributed by atoms with E-state index in [4.69, 9.17) is 16.3 Å². The summed E-state index contributed by atoms with van der Waals surface area (Å²) in [6, 6.07) is 5.78. The van der Waals surface area contributed by atoms with Crippen LogP contribution in [0, 0.1) is 0 Å². The highest BCUT2D eigenvalue weighted by Gasteiger charge is 2.21. The molecule has 1 fully saturated rings. The monoisotopic (exact) mass is 315 g/mol. The van der Waals surface area contributed by atoms with E-state index in [9.17, 15) is 4.79 Å². The fourth-order valence-electron chi connectivity index (χ4n) is 2.29. The second-order valence-electron chi connectivity index (χ2n) is 5.55. The Labute approximate surface area is 135 Å². The van der Waals surface area contributed by atoms with E-state index in [1.807, 2.05) is 36.4 Å². The highest BCUT2D eigenvalue weighted by Crippen LogP contribution is 2.30. The van der Waals surface area contributed by atoms with Gasteiger partial charge in [0.25, 0.3) is 0 Å². The molecule has 22 heavy (non-hydrogen) atoms. The highest BCUT2D eigenvalue weighted by atomic mass is 35.5. The van der Waals surface area contributed by atoms with E-state index < -0.39 is 0 Å². The predicted molar refractivity (Wildman–Crippen MR) is 89.9 cm³/mol. The van der Waals surface area contributed by atoms with Gasteiger partial charge in [-0.15, -0.1) is 0 Å². The minimum Gasteiger partial charge on any atom is -0.374 e. The zero-order valence-corrected chi connectivity index (χ0v) is 13.0. The SMILES string of the molecule is C=C(/C(Cl)=C\C=C/COC1CC1)c1ccc2c(c1)CC(=O)N2. The van der Waals surface area contributed by atoms with Gasteiger partial charge in [0.2, 0.25) is 5.91 Å². The average molecular weight is 316 g/mol. The molecule has 1 saturated carbocycles. The Morgan fingerprint density at radius 2 is 2.27 bits per heavy atom. The van der Waals surface area contributed by atoms with Crippen molar-refractivity contribution in [2.45, 2.75) is 25.4 Å². The number of allylic oxidation sites excluding steroid dienone is 4. The van der Waals surface area contributed by atoms with Crippen molar-refractivity contribution in [3.8, 4) is 0 Å². The topological polar surface area (TPSA) is 38.3 Å². The van der Waals surface area contributed by atoms with Crippen molar-refractivity contribution in [3.05, 3.63) is 59.2 Å². The van der Waals surface area contributed by atoms with Gasteiger partial charge in [0.15, 0.2) is 0 Å². The number of benzene rings is 1. The zero-order chi connectivity index (χ0) is 15.5. The Hall–Kier alpha value is -1.84. The number of carbonyl (C=O) groups excluding carboxylic acids is 1. The van der Waals surface area contributed by atoms with Crippen LogP contribution >= 0.6 is 11.6 Å². The molecule has 1 aliphatic heterocycles. The zero-order valence-electron chi connectivity index (χ0n) is 12.3. The molecule has 1 amide bonds. The van der Waals surface area contributed by atoms with Crippen molar-refractivity contribution in [1.82, 2.24) is 0 Å². The summed E-state index contributed by atoms with van der Waals surface area (Å²) in [5, 5.41) is 3.40. The molecule has 0 radical (unpaired) electrons. The van der Waals surface area contributed by atoms with Gasteiger partial charge in [0.1, 0.15) is 0 Å². The molecular weight excluding hydrogens is 298 g/mol. The predicted octanol–water partition coefficient (Wildman–Crippen LogP) is 4.05. The molecule has 0 unspecified atom stereocenters. The molecule has 1 aromatic carbocycles. The van der Waals surface area contributed by atoms with E-state index in [2.05, 4.69) is 11.9 Å². The van der Waals surface area contributed by atoms with Crippen molar-refractivity contribution < 1.29 is 9.53 Å². The molecule has 2 aliphatic rings. The molecule has 1 heterocycles. The van der Waals surface area contributed by atoms with Crippen LogP contribution in [0.25, 0.3) is 5.57 Å². The minimum absolute atomic E-state index is 0.0259. The molecule has 0 bridgehead atoms. The van der Waals surface area contributed by atoms with Gasteiger partial charge in [0, 0.05) is 10.7 Å². The maximum absolute atomic E-state index is 11.4. The van der Waals surface area contributed by atoms with Gasteiger partial charge in [-0.2, -0.15) is 0 Å². The van der Waals surface area contributed by atoms with E-state index >= 15 is 0 Å². The molecule has 0 aromatic heterocycles. The van der Waals surface area contributed by atoms with Gasteiger partial charge in [-0.05, 0) is 47.8 Å². The van der Waals surface area contributed by atoms with Crippen LogP contribution in [-0.2, 0) is 16.0 Å². The Morgan fingerprint density at radius 3 is 3.05 bits per heavy atom. The van der Waals surface area contributed by atoms with Gasteiger partial charge in [0.05, 0.1) is 19.1 Å². The third-order valence-corrected chi connectivity index (χ3v) is 4.05. The van der Waals surface area contributed by atoms with Crippen molar-refractivity contribution in [2.24, 2.45) is 0 Å². The molecule has 0 atom stereocenters. The van der Waals surface area contributed by atoms with Crippen LogP contribution in [0.3, 0.4) is 0 Å². The maximum Gasteiger partial charge on any atom is 0.228 e. The molecule has 4 heteroatoms. The van der Waals surface area contributed by atoms with Gasteiger partial charge < -0.3 is 10.1 Å². The summed E-state index contributed by atoms with van der Waals surface area (Å²) < 4.78 is 5.52. The average Bonchev–Trinajstić information content (AvgIpc) is 3.24. The smallest absolute Gasteiger partial charge is 0.228 e. The first kappa shape index (κ1) is 15.1. The molecule has 1 N–H and O–H groups in total. The molecule has 0 spiro atoms. The normalized spacial score (nSPS) is 17.7. The Balaban J connectivity index is 1.62. The van der Waals surface area contributed by atoms with E-state index in [-0.39, 0.29) is 5.91 Å². The number of carbonyl (C=O) groups is 1. The summed E-state index contributed by atoms with van der Waals surface area (Å²) in [6.07, 6.45) is 8.87. The lowest BCUT2D eigenvalue weighted by Gasteiger charge is -2.06. The standard InChI is InChI=1S/C18H18ClNO2/c1-12(16(19)4-2-3-9-22-15-6-7-15)13-5-8-17-14(10-13)11-18(21)20-17/h2-5,8,10,15H,1,6-7,9,11H2,(H,20,21)/b3-2-,16-4+. The Morgan fingerprint density at radius 1 is 1.45 bits per heavy atom. The molecular formula is C18H18ClNO2. The van der Waals surface area contributed by atoms with Crippen LogP contribution in [0.4, 0.5) is 5.69 Å². The number of nitrogens with one attached hydrogen (secondary N) is 1. The minimum atomic E-state index is 0.0259. The summed E-state index contributed by atoms with van der Waals surface area (Å²) in [6.45, 7) is 4.65. The second kappa shape index (κ2) is 6.51. The number of anilines is 1.